The number of esters is 1. The first-order valence-electron chi connectivity index (χ1n) is 10.2. The maximum atomic E-state index is 12.5. The Labute approximate surface area is 186 Å². The monoisotopic (exact) mass is 438 g/mol. The summed E-state index contributed by atoms with van der Waals surface area (Å²) in [5.74, 6) is 0.386. The number of carbonyl (C=O) groups excluding carboxylic acids is 2. The van der Waals surface area contributed by atoms with E-state index in [0.29, 0.717) is 29.6 Å². The summed E-state index contributed by atoms with van der Waals surface area (Å²) in [6.07, 6.45) is 0.757. The number of amides is 1. The van der Waals surface area contributed by atoms with Gasteiger partial charge in [0.15, 0.2) is 11.0 Å². The third kappa shape index (κ3) is 5.73. The Kier molecular flexibility index (Phi) is 7.83. The lowest BCUT2D eigenvalue weighted by Gasteiger charge is -2.10. The van der Waals surface area contributed by atoms with Gasteiger partial charge >= 0.3 is 5.97 Å². The summed E-state index contributed by atoms with van der Waals surface area (Å²) >= 11 is 1.33. The molecule has 1 aromatic heterocycles. The minimum Gasteiger partial charge on any atom is -0.462 e. The summed E-state index contributed by atoms with van der Waals surface area (Å²) in [6.45, 7) is 7.07. The van der Waals surface area contributed by atoms with Crippen LogP contribution >= 0.6 is 11.8 Å². The van der Waals surface area contributed by atoms with E-state index in [0.717, 1.165) is 23.4 Å². The SMILES string of the molecule is CCCOC(=O)c1cccc(NC(=O)CSc2nnc(-c3ccccc3C)n2CC)c1. The largest absolute Gasteiger partial charge is 0.462 e. The molecule has 0 spiro atoms. The Balaban J connectivity index is 1.64. The molecule has 3 aromatic rings. The second-order valence-electron chi connectivity index (χ2n) is 6.92. The molecule has 0 aliphatic rings. The average Bonchev–Trinajstić information content (AvgIpc) is 3.19. The third-order valence-electron chi connectivity index (χ3n) is 4.57. The summed E-state index contributed by atoms with van der Waals surface area (Å²) < 4.78 is 7.15. The predicted molar refractivity (Wildman–Crippen MR) is 122 cm³/mol. The number of thioether (sulfide) groups is 1. The molecule has 8 heteroatoms. The van der Waals surface area contributed by atoms with Gasteiger partial charge in [-0.05, 0) is 44.0 Å². The highest BCUT2D eigenvalue weighted by molar-refractivity contribution is 7.99. The van der Waals surface area contributed by atoms with Crippen LogP contribution in [0.3, 0.4) is 0 Å². The van der Waals surface area contributed by atoms with Crippen molar-refractivity contribution in [1.29, 1.82) is 0 Å². The van der Waals surface area contributed by atoms with Gasteiger partial charge in [-0.25, -0.2) is 4.79 Å². The number of hydrogen-bond donors (Lipinski definition) is 1. The fourth-order valence-electron chi connectivity index (χ4n) is 3.03. The van der Waals surface area contributed by atoms with E-state index in [1.165, 1.54) is 11.8 Å². The Morgan fingerprint density at radius 1 is 1.10 bits per heavy atom. The normalized spacial score (nSPS) is 10.7. The molecule has 1 amide bonds. The van der Waals surface area contributed by atoms with Crippen molar-refractivity contribution in [2.75, 3.05) is 17.7 Å². The van der Waals surface area contributed by atoms with E-state index < -0.39 is 5.97 Å². The Morgan fingerprint density at radius 3 is 2.65 bits per heavy atom. The Morgan fingerprint density at radius 2 is 1.90 bits per heavy atom. The summed E-state index contributed by atoms with van der Waals surface area (Å²) in [4.78, 5) is 24.5. The molecule has 3 rings (SSSR count). The fourth-order valence-corrected chi connectivity index (χ4v) is 3.84. The molecule has 0 bridgehead atoms. The minimum absolute atomic E-state index is 0.177. The van der Waals surface area contributed by atoms with Gasteiger partial charge < -0.3 is 14.6 Å². The van der Waals surface area contributed by atoms with Crippen LogP contribution in [0, 0.1) is 6.92 Å². The van der Waals surface area contributed by atoms with Crippen LogP contribution in [0.25, 0.3) is 11.4 Å². The number of anilines is 1. The van der Waals surface area contributed by atoms with E-state index in [1.54, 1.807) is 24.3 Å². The summed E-state index contributed by atoms with van der Waals surface area (Å²) in [6, 6.07) is 14.8. The number of benzene rings is 2. The minimum atomic E-state index is -0.396. The second-order valence-corrected chi connectivity index (χ2v) is 7.86. The first-order valence-corrected chi connectivity index (χ1v) is 11.2. The van der Waals surface area contributed by atoms with Crippen molar-refractivity contribution < 1.29 is 14.3 Å². The van der Waals surface area contributed by atoms with Gasteiger partial charge in [-0.3, -0.25) is 4.79 Å². The molecular formula is C23H26N4O3S. The Bertz CT molecular complexity index is 1060. The topological polar surface area (TPSA) is 86.1 Å². The van der Waals surface area contributed by atoms with Gasteiger partial charge in [-0.2, -0.15) is 0 Å². The third-order valence-corrected chi connectivity index (χ3v) is 5.54. The van der Waals surface area contributed by atoms with Crippen molar-refractivity contribution in [1.82, 2.24) is 14.8 Å². The van der Waals surface area contributed by atoms with Crippen molar-refractivity contribution >= 4 is 29.3 Å². The number of ether oxygens (including phenoxy) is 1. The smallest absolute Gasteiger partial charge is 0.338 e. The molecule has 7 nitrogen and oxygen atoms in total. The lowest BCUT2D eigenvalue weighted by atomic mass is 10.1. The van der Waals surface area contributed by atoms with E-state index in [1.807, 2.05) is 49.6 Å². The van der Waals surface area contributed by atoms with Crippen molar-refractivity contribution in [3.63, 3.8) is 0 Å². The van der Waals surface area contributed by atoms with Gasteiger partial charge in [-0.15, -0.1) is 10.2 Å². The molecule has 162 valence electrons. The molecule has 1 heterocycles. The van der Waals surface area contributed by atoms with Crippen LogP contribution in [0.4, 0.5) is 5.69 Å². The van der Waals surface area contributed by atoms with Gasteiger partial charge in [0.05, 0.1) is 17.9 Å². The van der Waals surface area contributed by atoms with Crippen LogP contribution in [0.5, 0.6) is 0 Å². The highest BCUT2D eigenvalue weighted by Gasteiger charge is 2.16. The van der Waals surface area contributed by atoms with E-state index in [4.69, 9.17) is 4.74 Å². The second kappa shape index (κ2) is 10.8. The van der Waals surface area contributed by atoms with Crippen LogP contribution in [-0.2, 0) is 16.1 Å². The first-order chi connectivity index (χ1) is 15.0. The molecule has 0 fully saturated rings. The number of nitrogens with one attached hydrogen (secondary N) is 1. The molecule has 0 saturated carbocycles. The molecule has 0 aliphatic heterocycles. The van der Waals surface area contributed by atoms with Crippen LogP contribution in [0.2, 0.25) is 0 Å². The van der Waals surface area contributed by atoms with Crippen molar-refractivity contribution in [2.45, 2.75) is 38.9 Å². The number of aromatic nitrogens is 3. The zero-order valence-electron chi connectivity index (χ0n) is 17.9. The van der Waals surface area contributed by atoms with Crippen molar-refractivity contribution in [2.24, 2.45) is 0 Å². The standard InChI is InChI=1S/C23H26N4O3S/c1-4-13-30-22(29)17-10-8-11-18(14-17)24-20(28)15-31-23-26-25-21(27(23)5-2)19-12-7-6-9-16(19)3/h6-12,14H,4-5,13,15H2,1-3H3,(H,24,28). The predicted octanol–water partition coefficient (Wildman–Crippen LogP) is 4.57. The van der Waals surface area contributed by atoms with Crippen LogP contribution in [0.1, 0.15) is 36.2 Å². The van der Waals surface area contributed by atoms with Gasteiger partial charge in [0, 0.05) is 17.8 Å². The van der Waals surface area contributed by atoms with Gasteiger partial charge in [0.25, 0.3) is 0 Å². The zero-order chi connectivity index (χ0) is 22.2. The first kappa shape index (κ1) is 22.6. The maximum absolute atomic E-state index is 12.5. The van der Waals surface area contributed by atoms with Crippen molar-refractivity contribution in [3.8, 4) is 11.4 Å². The summed E-state index contributed by atoms with van der Waals surface area (Å²) in [7, 11) is 0. The number of rotatable bonds is 9. The number of carbonyl (C=O) groups is 2. The maximum Gasteiger partial charge on any atom is 0.338 e. The number of nitrogens with zero attached hydrogens (tertiary/aromatic N) is 3. The molecule has 0 unspecified atom stereocenters. The van der Waals surface area contributed by atoms with Gasteiger partial charge in [0.1, 0.15) is 0 Å². The lowest BCUT2D eigenvalue weighted by Crippen LogP contribution is -2.15. The number of aryl methyl sites for hydroxylation is 1. The van der Waals surface area contributed by atoms with E-state index in [2.05, 4.69) is 15.5 Å². The van der Waals surface area contributed by atoms with Crippen LogP contribution in [-0.4, -0.2) is 39.0 Å². The van der Waals surface area contributed by atoms with Gasteiger partial charge in [0.2, 0.25) is 5.91 Å². The fraction of sp³-hybridized carbons (Fsp3) is 0.304. The van der Waals surface area contributed by atoms with Crippen LogP contribution in [0.15, 0.2) is 53.7 Å². The molecule has 0 atom stereocenters. The van der Waals surface area contributed by atoms with Gasteiger partial charge in [-0.1, -0.05) is 49.0 Å². The zero-order valence-corrected chi connectivity index (χ0v) is 18.7. The highest BCUT2D eigenvalue weighted by Crippen LogP contribution is 2.26. The molecule has 0 saturated heterocycles. The quantitative estimate of drug-likeness (QED) is 0.389. The highest BCUT2D eigenvalue weighted by atomic mass is 32.2. The number of hydrogen-bond acceptors (Lipinski definition) is 6. The molecular weight excluding hydrogens is 412 g/mol. The molecule has 0 radical (unpaired) electrons. The Hall–Kier alpha value is -3.13. The molecule has 1 N–H and O–H groups in total. The molecule has 2 aromatic carbocycles. The van der Waals surface area contributed by atoms with E-state index >= 15 is 0 Å². The summed E-state index contributed by atoms with van der Waals surface area (Å²) in [5, 5.41) is 12.1. The average molecular weight is 439 g/mol. The van der Waals surface area contributed by atoms with Crippen LogP contribution < -0.4 is 5.32 Å². The lowest BCUT2D eigenvalue weighted by molar-refractivity contribution is -0.113. The molecule has 31 heavy (non-hydrogen) atoms. The van der Waals surface area contributed by atoms with Crippen molar-refractivity contribution in [3.05, 3.63) is 59.7 Å². The molecule has 0 aliphatic carbocycles. The van der Waals surface area contributed by atoms with E-state index in [9.17, 15) is 9.59 Å². The summed E-state index contributed by atoms with van der Waals surface area (Å²) in [5.41, 5.74) is 3.11. The van der Waals surface area contributed by atoms with E-state index in [-0.39, 0.29) is 11.7 Å².